The van der Waals surface area contributed by atoms with E-state index in [1.165, 1.54) is 0 Å². The van der Waals surface area contributed by atoms with Crippen LogP contribution in [0, 0.1) is 0 Å². The first-order chi connectivity index (χ1) is 8.25. The Balaban J connectivity index is 2.08. The van der Waals surface area contributed by atoms with Crippen molar-refractivity contribution in [3.8, 4) is 0 Å². The molecule has 2 rings (SSSR count). The summed E-state index contributed by atoms with van der Waals surface area (Å²) in [4.78, 5) is 3.91. The second kappa shape index (κ2) is 5.66. The highest BCUT2D eigenvalue weighted by molar-refractivity contribution is 6.69. The monoisotopic (exact) mass is 265 g/mol. The molecule has 0 radical (unpaired) electrons. The number of aromatic nitrogens is 1. The van der Waals surface area contributed by atoms with E-state index in [0.29, 0.717) is 10.2 Å². The van der Waals surface area contributed by atoms with Crippen LogP contribution in [-0.4, -0.2) is 10.2 Å². The number of benzene rings is 1. The number of anilines is 1. The molecule has 0 aliphatic heterocycles. The van der Waals surface area contributed by atoms with Gasteiger partial charge in [0.15, 0.2) is 5.17 Å². The van der Waals surface area contributed by atoms with Gasteiger partial charge in [-0.15, -0.1) is 0 Å². The van der Waals surface area contributed by atoms with E-state index < -0.39 is 0 Å². The van der Waals surface area contributed by atoms with Gasteiger partial charge >= 0.3 is 0 Å². The summed E-state index contributed by atoms with van der Waals surface area (Å²) < 4.78 is 0. The van der Waals surface area contributed by atoms with Crippen molar-refractivity contribution in [3.63, 3.8) is 0 Å². The van der Waals surface area contributed by atoms with Crippen molar-refractivity contribution >= 4 is 34.1 Å². The molecular weight excluding hydrogens is 257 g/mol. The number of rotatable bonds is 3. The van der Waals surface area contributed by atoms with Gasteiger partial charge in [0.25, 0.3) is 0 Å². The number of hydrazone groups is 1. The Morgan fingerprint density at radius 3 is 2.35 bits per heavy atom. The van der Waals surface area contributed by atoms with Gasteiger partial charge < -0.3 is 0 Å². The summed E-state index contributed by atoms with van der Waals surface area (Å²) in [6.07, 6.45) is 3.32. The predicted molar refractivity (Wildman–Crippen MR) is 71.7 cm³/mol. The van der Waals surface area contributed by atoms with Gasteiger partial charge in [-0.3, -0.25) is 10.4 Å². The van der Waals surface area contributed by atoms with Crippen LogP contribution >= 0.6 is 23.2 Å². The third-order valence-electron chi connectivity index (χ3n) is 2.05. The first-order valence-electron chi connectivity index (χ1n) is 4.91. The molecule has 0 fully saturated rings. The van der Waals surface area contributed by atoms with Gasteiger partial charge in [-0.1, -0.05) is 23.2 Å². The van der Waals surface area contributed by atoms with E-state index >= 15 is 0 Å². The van der Waals surface area contributed by atoms with Crippen molar-refractivity contribution in [3.05, 3.63) is 59.4 Å². The van der Waals surface area contributed by atoms with Crippen molar-refractivity contribution in [2.45, 2.75) is 0 Å². The van der Waals surface area contributed by atoms with Gasteiger partial charge in [0, 0.05) is 23.0 Å². The van der Waals surface area contributed by atoms with E-state index in [-0.39, 0.29) is 0 Å². The summed E-state index contributed by atoms with van der Waals surface area (Å²) in [6, 6.07) is 10.8. The van der Waals surface area contributed by atoms with Crippen LogP contribution in [0.2, 0.25) is 5.02 Å². The molecule has 0 bridgehead atoms. The molecule has 0 atom stereocenters. The van der Waals surface area contributed by atoms with Crippen molar-refractivity contribution in [2.24, 2.45) is 5.10 Å². The molecule has 1 aromatic carbocycles. The van der Waals surface area contributed by atoms with Crippen LogP contribution in [0.5, 0.6) is 0 Å². The maximum Gasteiger partial charge on any atom is 0.156 e. The topological polar surface area (TPSA) is 37.3 Å². The minimum atomic E-state index is 0.377. The summed E-state index contributed by atoms with van der Waals surface area (Å²) in [5, 5.41) is 5.11. The fraction of sp³-hybridized carbons (Fsp3) is 0. The fourth-order valence-corrected chi connectivity index (χ4v) is 1.49. The molecule has 0 saturated heterocycles. The average molecular weight is 266 g/mol. The quantitative estimate of drug-likeness (QED) is 0.678. The zero-order valence-electron chi connectivity index (χ0n) is 8.77. The van der Waals surface area contributed by atoms with E-state index in [1.54, 1.807) is 36.7 Å². The molecule has 17 heavy (non-hydrogen) atoms. The molecule has 0 spiro atoms. The fourth-order valence-electron chi connectivity index (χ4n) is 1.19. The smallest absolute Gasteiger partial charge is 0.156 e. The Bertz CT molecular complexity index is 509. The zero-order chi connectivity index (χ0) is 12.1. The van der Waals surface area contributed by atoms with E-state index in [9.17, 15) is 0 Å². The summed E-state index contributed by atoms with van der Waals surface area (Å²) >= 11 is 11.8. The molecule has 1 N–H and O–H groups in total. The summed E-state index contributed by atoms with van der Waals surface area (Å²) in [5.41, 5.74) is 4.48. The molecule has 1 aromatic heterocycles. The molecule has 0 amide bonds. The molecule has 1 heterocycles. The second-order valence-electron chi connectivity index (χ2n) is 3.26. The normalized spacial score (nSPS) is 11.3. The average Bonchev–Trinajstić information content (AvgIpc) is 2.39. The highest BCUT2D eigenvalue weighted by Gasteiger charge is 1.98. The zero-order valence-corrected chi connectivity index (χ0v) is 10.3. The number of nitrogens with zero attached hydrogens (tertiary/aromatic N) is 2. The Morgan fingerprint density at radius 2 is 1.71 bits per heavy atom. The number of hydrogen-bond acceptors (Lipinski definition) is 3. The highest BCUT2D eigenvalue weighted by atomic mass is 35.5. The van der Waals surface area contributed by atoms with Crippen LogP contribution in [-0.2, 0) is 0 Å². The second-order valence-corrected chi connectivity index (χ2v) is 4.05. The van der Waals surface area contributed by atoms with Gasteiger partial charge in [0.05, 0.1) is 5.69 Å². The first kappa shape index (κ1) is 11.9. The molecule has 2 aromatic rings. The number of halogens is 2. The SMILES string of the molecule is Cl/C(=N/Nc1ccc(Cl)cc1)c1ccncc1. The molecule has 86 valence electrons. The summed E-state index contributed by atoms with van der Waals surface area (Å²) in [6.45, 7) is 0. The Labute approximate surface area is 109 Å². The van der Waals surface area contributed by atoms with Crippen molar-refractivity contribution < 1.29 is 0 Å². The Kier molecular flexibility index (Phi) is 3.96. The molecular formula is C12H9Cl2N3. The van der Waals surface area contributed by atoms with E-state index in [0.717, 1.165) is 11.3 Å². The van der Waals surface area contributed by atoms with Crippen LogP contribution < -0.4 is 5.43 Å². The summed E-state index contributed by atoms with van der Waals surface area (Å²) in [5.74, 6) is 0. The third kappa shape index (κ3) is 3.44. The third-order valence-corrected chi connectivity index (χ3v) is 2.60. The van der Waals surface area contributed by atoms with Crippen LogP contribution in [0.3, 0.4) is 0 Å². The van der Waals surface area contributed by atoms with Crippen LogP contribution in [0.4, 0.5) is 5.69 Å². The summed E-state index contributed by atoms with van der Waals surface area (Å²) in [7, 11) is 0. The molecule has 0 aliphatic rings. The van der Waals surface area contributed by atoms with Gasteiger partial charge in [-0.25, -0.2) is 0 Å². The lowest BCUT2D eigenvalue weighted by Crippen LogP contribution is -1.97. The Morgan fingerprint density at radius 1 is 1.06 bits per heavy atom. The van der Waals surface area contributed by atoms with Crippen LogP contribution in [0.15, 0.2) is 53.9 Å². The van der Waals surface area contributed by atoms with Crippen molar-refractivity contribution in [1.29, 1.82) is 0 Å². The lowest BCUT2D eigenvalue weighted by Gasteiger charge is -2.01. The Hall–Kier alpha value is -1.58. The first-order valence-corrected chi connectivity index (χ1v) is 5.66. The number of nitrogens with one attached hydrogen (secondary N) is 1. The van der Waals surface area contributed by atoms with Gasteiger partial charge in [0.2, 0.25) is 0 Å². The van der Waals surface area contributed by atoms with Crippen molar-refractivity contribution in [2.75, 3.05) is 5.43 Å². The molecule has 0 saturated carbocycles. The minimum Gasteiger partial charge on any atom is -0.277 e. The van der Waals surface area contributed by atoms with E-state index in [4.69, 9.17) is 23.2 Å². The molecule has 0 unspecified atom stereocenters. The molecule has 5 heteroatoms. The maximum atomic E-state index is 6.02. The van der Waals surface area contributed by atoms with Gasteiger partial charge in [0.1, 0.15) is 0 Å². The van der Waals surface area contributed by atoms with E-state index in [1.807, 2.05) is 12.1 Å². The van der Waals surface area contributed by atoms with Crippen molar-refractivity contribution in [1.82, 2.24) is 4.98 Å². The largest absolute Gasteiger partial charge is 0.277 e. The minimum absolute atomic E-state index is 0.377. The lowest BCUT2D eigenvalue weighted by atomic mass is 10.3. The predicted octanol–water partition coefficient (Wildman–Crippen LogP) is 3.75. The number of hydrogen-bond donors (Lipinski definition) is 1. The molecule has 3 nitrogen and oxygen atoms in total. The lowest BCUT2D eigenvalue weighted by molar-refractivity contribution is 1.31. The van der Waals surface area contributed by atoms with E-state index in [2.05, 4.69) is 15.5 Å². The van der Waals surface area contributed by atoms with Crippen LogP contribution in [0.25, 0.3) is 0 Å². The number of pyridine rings is 1. The highest BCUT2D eigenvalue weighted by Crippen LogP contribution is 2.14. The standard InChI is InChI=1S/C12H9Cl2N3/c13-10-1-3-11(4-2-10)16-17-12(14)9-5-7-15-8-6-9/h1-8,16H/b17-12+. The van der Waals surface area contributed by atoms with Gasteiger partial charge in [-0.05, 0) is 36.4 Å². The van der Waals surface area contributed by atoms with Gasteiger partial charge in [-0.2, -0.15) is 5.10 Å². The molecule has 0 aliphatic carbocycles. The maximum absolute atomic E-state index is 6.02. The van der Waals surface area contributed by atoms with Crippen LogP contribution in [0.1, 0.15) is 5.56 Å².